The molecule has 0 saturated heterocycles. The number of aliphatic hydroxyl groups is 1. The van der Waals surface area contributed by atoms with Crippen molar-refractivity contribution in [1.82, 2.24) is 0 Å². The Morgan fingerprint density at radius 1 is 1.29 bits per heavy atom. The van der Waals surface area contributed by atoms with Crippen LogP contribution in [0.3, 0.4) is 0 Å². The Bertz CT molecular complexity index is 331. The first kappa shape index (κ1) is 9.53. The average molecular weight is 191 g/mol. The Balaban J connectivity index is 2.23. The van der Waals surface area contributed by atoms with Crippen molar-refractivity contribution in [3.05, 3.63) is 29.8 Å². The van der Waals surface area contributed by atoms with Crippen molar-refractivity contribution in [2.75, 3.05) is 19.0 Å². The van der Waals surface area contributed by atoms with E-state index in [-0.39, 0.29) is 0 Å². The molecule has 2 rings (SSSR count). The van der Waals surface area contributed by atoms with E-state index in [1.165, 1.54) is 5.69 Å². The van der Waals surface area contributed by atoms with E-state index in [0.29, 0.717) is 5.92 Å². The van der Waals surface area contributed by atoms with Gasteiger partial charge < -0.3 is 10.0 Å². The minimum atomic E-state index is -0.537. The van der Waals surface area contributed by atoms with Crippen molar-refractivity contribution in [1.29, 1.82) is 0 Å². The zero-order valence-corrected chi connectivity index (χ0v) is 8.99. The van der Waals surface area contributed by atoms with Crippen LogP contribution in [-0.4, -0.2) is 19.2 Å². The molecular weight excluding hydrogens is 174 g/mol. The van der Waals surface area contributed by atoms with Gasteiger partial charge in [-0.05, 0) is 30.0 Å². The monoisotopic (exact) mass is 191 g/mol. The lowest BCUT2D eigenvalue weighted by Gasteiger charge is -2.15. The molecule has 0 bridgehead atoms. The van der Waals surface area contributed by atoms with Gasteiger partial charge in [0.2, 0.25) is 0 Å². The Hall–Kier alpha value is -1.02. The van der Waals surface area contributed by atoms with Crippen LogP contribution in [0.15, 0.2) is 24.3 Å². The van der Waals surface area contributed by atoms with Crippen LogP contribution in [0.25, 0.3) is 0 Å². The van der Waals surface area contributed by atoms with Crippen molar-refractivity contribution in [2.24, 2.45) is 5.92 Å². The second kappa shape index (κ2) is 2.99. The Kier molecular flexibility index (Phi) is 2.04. The SMILES string of the molecule is CC1CC1(O)c1ccc(N(C)C)cc1. The molecule has 1 aliphatic carbocycles. The van der Waals surface area contributed by atoms with E-state index in [2.05, 4.69) is 24.0 Å². The van der Waals surface area contributed by atoms with Crippen molar-refractivity contribution in [3.8, 4) is 0 Å². The summed E-state index contributed by atoms with van der Waals surface area (Å²) >= 11 is 0. The van der Waals surface area contributed by atoms with Gasteiger partial charge in [-0.1, -0.05) is 19.1 Å². The van der Waals surface area contributed by atoms with Crippen molar-refractivity contribution in [2.45, 2.75) is 18.9 Å². The Morgan fingerprint density at radius 2 is 1.79 bits per heavy atom. The van der Waals surface area contributed by atoms with E-state index in [4.69, 9.17) is 0 Å². The molecule has 2 nitrogen and oxygen atoms in total. The highest BCUT2D eigenvalue weighted by Crippen LogP contribution is 2.51. The van der Waals surface area contributed by atoms with Gasteiger partial charge in [0, 0.05) is 19.8 Å². The second-order valence-corrected chi connectivity index (χ2v) is 4.47. The lowest BCUT2D eigenvalue weighted by molar-refractivity contribution is 0.135. The molecule has 1 fully saturated rings. The number of anilines is 1. The van der Waals surface area contributed by atoms with Crippen molar-refractivity contribution in [3.63, 3.8) is 0 Å². The van der Waals surface area contributed by atoms with E-state index in [0.717, 1.165) is 12.0 Å². The first-order chi connectivity index (χ1) is 6.54. The number of hydrogen-bond acceptors (Lipinski definition) is 2. The predicted molar refractivity (Wildman–Crippen MR) is 58.4 cm³/mol. The fraction of sp³-hybridized carbons (Fsp3) is 0.500. The number of nitrogens with zero attached hydrogens (tertiary/aromatic N) is 1. The fourth-order valence-electron chi connectivity index (χ4n) is 1.86. The van der Waals surface area contributed by atoms with Gasteiger partial charge in [0.15, 0.2) is 0 Å². The molecule has 0 heterocycles. The number of rotatable bonds is 2. The maximum Gasteiger partial charge on any atom is 0.0926 e. The largest absolute Gasteiger partial charge is 0.385 e. The maximum absolute atomic E-state index is 10.1. The molecule has 2 atom stereocenters. The topological polar surface area (TPSA) is 23.5 Å². The Morgan fingerprint density at radius 3 is 2.14 bits per heavy atom. The van der Waals surface area contributed by atoms with E-state index < -0.39 is 5.60 Å². The molecule has 0 aliphatic heterocycles. The van der Waals surface area contributed by atoms with Crippen LogP contribution >= 0.6 is 0 Å². The summed E-state index contributed by atoms with van der Waals surface area (Å²) in [5.74, 6) is 0.410. The molecule has 0 radical (unpaired) electrons. The normalized spacial score (nSPS) is 30.1. The van der Waals surface area contributed by atoms with Crippen LogP contribution in [0.2, 0.25) is 0 Å². The van der Waals surface area contributed by atoms with Gasteiger partial charge in [0.25, 0.3) is 0 Å². The summed E-state index contributed by atoms with van der Waals surface area (Å²) in [6.45, 7) is 2.08. The van der Waals surface area contributed by atoms with Crippen LogP contribution in [-0.2, 0) is 5.60 Å². The average Bonchev–Trinajstić information content (AvgIpc) is 2.76. The van der Waals surface area contributed by atoms with Gasteiger partial charge in [0.05, 0.1) is 5.60 Å². The third-order valence-corrected chi connectivity index (χ3v) is 3.16. The minimum absolute atomic E-state index is 0.410. The molecule has 2 unspecified atom stereocenters. The summed E-state index contributed by atoms with van der Waals surface area (Å²) in [5, 5.41) is 10.1. The highest BCUT2D eigenvalue weighted by molar-refractivity contribution is 5.47. The lowest BCUT2D eigenvalue weighted by atomic mass is 10.1. The summed E-state index contributed by atoms with van der Waals surface area (Å²) in [6.07, 6.45) is 0.897. The third-order valence-electron chi connectivity index (χ3n) is 3.16. The first-order valence-electron chi connectivity index (χ1n) is 5.04. The smallest absolute Gasteiger partial charge is 0.0926 e. The van der Waals surface area contributed by atoms with Crippen LogP contribution in [0.4, 0.5) is 5.69 Å². The van der Waals surface area contributed by atoms with Crippen LogP contribution in [0.5, 0.6) is 0 Å². The van der Waals surface area contributed by atoms with Crippen LogP contribution < -0.4 is 4.90 Å². The van der Waals surface area contributed by atoms with Gasteiger partial charge in [-0.15, -0.1) is 0 Å². The molecule has 1 aromatic carbocycles. The summed E-state index contributed by atoms with van der Waals surface area (Å²) in [4.78, 5) is 2.06. The third kappa shape index (κ3) is 1.40. The van der Waals surface area contributed by atoms with Crippen molar-refractivity contribution >= 4 is 5.69 Å². The molecule has 1 aromatic rings. The standard InChI is InChI=1S/C12H17NO/c1-9-8-12(9,14)10-4-6-11(7-5-10)13(2)3/h4-7,9,14H,8H2,1-3H3. The predicted octanol–water partition coefficient (Wildman–Crippen LogP) is 1.98. The van der Waals surface area contributed by atoms with Crippen LogP contribution in [0, 0.1) is 5.92 Å². The maximum atomic E-state index is 10.1. The molecular formula is C12H17NO. The Labute approximate surface area is 85.2 Å². The summed E-state index contributed by atoms with van der Waals surface area (Å²) < 4.78 is 0. The molecule has 14 heavy (non-hydrogen) atoms. The quantitative estimate of drug-likeness (QED) is 0.772. The highest BCUT2D eigenvalue weighted by Gasteiger charge is 2.50. The van der Waals surface area contributed by atoms with Gasteiger partial charge >= 0.3 is 0 Å². The van der Waals surface area contributed by atoms with E-state index in [1.54, 1.807) is 0 Å². The second-order valence-electron chi connectivity index (χ2n) is 4.47. The van der Waals surface area contributed by atoms with Crippen LogP contribution in [0.1, 0.15) is 18.9 Å². The molecule has 76 valence electrons. The van der Waals surface area contributed by atoms with Gasteiger partial charge in [-0.25, -0.2) is 0 Å². The zero-order chi connectivity index (χ0) is 10.3. The highest BCUT2D eigenvalue weighted by atomic mass is 16.3. The molecule has 0 amide bonds. The van der Waals surface area contributed by atoms with E-state index >= 15 is 0 Å². The van der Waals surface area contributed by atoms with E-state index in [1.807, 2.05) is 26.2 Å². The molecule has 0 spiro atoms. The van der Waals surface area contributed by atoms with Gasteiger partial charge in [0.1, 0.15) is 0 Å². The molecule has 0 aromatic heterocycles. The van der Waals surface area contributed by atoms with Gasteiger partial charge in [-0.2, -0.15) is 0 Å². The molecule has 1 saturated carbocycles. The fourth-order valence-corrected chi connectivity index (χ4v) is 1.86. The zero-order valence-electron chi connectivity index (χ0n) is 8.99. The summed E-state index contributed by atoms with van der Waals surface area (Å²) in [6, 6.07) is 8.16. The summed E-state index contributed by atoms with van der Waals surface area (Å²) in [5.41, 5.74) is 1.69. The number of hydrogen-bond donors (Lipinski definition) is 1. The number of benzene rings is 1. The first-order valence-corrected chi connectivity index (χ1v) is 5.04. The minimum Gasteiger partial charge on any atom is -0.385 e. The lowest BCUT2D eigenvalue weighted by Crippen LogP contribution is -2.10. The van der Waals surface area contributed by atoms with Crippen molar-refractivity contribution < 1.29 is 5.11 Å². The molecule has 1 aliphatic rings. The van der Waals surface area contributed by atoms with Gasteiger partial charge in [-0.3, -0.25) is 0 Å². The molecule has 1 N–H and O–H groups in total. The molecule has 2 heteroatoms. The summed E-state index contributed by atoms with van der Waals surface area (Å²) in [7, 11) is 4.03. The van der Waals surface area contributed by atoms with E-state index in [9.17, 15) is 5.11 Å².